The molecule has 0 aliphatic heterocycles. The fraction of sp³-hybridized carbons (Fsp3) is 0.533. The summed E-state index contributed by atoms with van der Waals surface area (Å²) in [5.74, 6) is 0.0119. The predicted molar refractivity (Wildman–Crippen MR) is 73.4 cm³/mol. The molecule has 0 radical (unpaired) electrons. The second kappa shape index (κ2) is 6.55. The highest BCUT2D eigenvalue weighted by Crippen LogP contribution is 2.13. The molecular formula is C15H23NO2. The Kier molecular flexibility index (Phi) is 5.35. The summed E-state index contributed by atoms with van der Waals surface area (Å²) in [5, 5.41) is 3.28. The topological polar surface area (TPSA) is 38.3 Å². The molecule has 0 unspecified atom stereocenters. The molecule has 18 heavy (non-hydrogen) atoms. The Balaban J connectivity index is 2.73. The summed E-state index contributed by atoms with van der Waals surface area (Å²) in [6, 6.07) is 5.97. The molecule has 0 aliphatic carbocycles. The first-order valence-corrected chi connectivity index (χ1v) is 6.33. The van der Waals surface area contributed by atoms with Crippen molar-refractivity contribution in [3.63, 3.8) is 0 Å². The van der Waals surface area contributed by atoms with Crippen LogP contribution in [0.15, 0.2) is 18.2 Å². The van der Waals surface area contributed by atoms with E-state index in [1.165, 1.54) is 23.8 Å². The van der Waals surface area contributed by atoms with Crippen LogP contribution in [0.1, 0.15) is 30.5 Å². The van der Waals surface area contributed by atoms with Crippen molar-refractivity contribution in [3.05, 3.63) is 34.9 Å². The van der Waals surface area contributed by atoms with Crippen LogP contribution < -0.4 is 5.32 Å². The zero-order valence-corrected chi connectivity index (χ0v) is 11.9. The van der Waals surface area contributed by atoms with E-state index in [9.17, 15) is 4.79 Å². The lowest BCUT2D eigenvalue weighted by Gasteiger charge is -2.20. The molecule has 0 saturated heterocycles. The number of ether oxygens (including phenoxy) is 1. The third-order valence-corrected chi connectivity index (χ3v) is 3.35. The van der Waals surface area contributed by atoms with Gasteiger partial charge in [0, 0.05) is 6.54 Å². The molecular weight excluding hydrogens is 226 g/mol. The molecule has 3 heteroatoms. The van der Waals surface area contributed by atoms with Crippen LogP contribution >= 0.6 is 0 Å². The van der Waals surface area contributed by atoms with Crippen LogP contribution in [0, 0.1) is 19.8 Å². The molecule has 0 aromatic heterocycles. The van der Waals surface area contributed by atoms with Gasteiger partial charge in [0.05, 0.1) is 7.11 Å². The van der Waals surface area contributed by atoms with Gasteiger partial charge in [0.2, 0.25) is 0 Å². The van der Waals surface area contributed by atoms with Crippen LogP contribution in [0.5, 0.6) is 0 Å². The maximum absolute atomic E-state index is 11.6. The Hall–Kier alpha value is -1.35. The molecule has 1 N–H and O–H groups in total. The standard InChI is InChI=1S/C15H23NO2/c1-10(2)14(15(17)18-5)16-9-13-8-6-7-11(3)12(13)4/h6-8,10,14,16H,9H2,1-5H3/t14-/m0/s1. The van der Waals surface area contributed by atoms with Crippen molar-refractivity contribution >= 4 is 5.97 Å². The largest absolute Gasteiger partial charge is 0.468 e. The first-order chi connectivity index (χ1) is 8.47. The molecule has 0 aliphatic rings. The monoisotopic (exact) mass is 249 g/mol. The average Bonchev–Trinajstić information content (AvgIpc) is 2.33. The minimum Gasteiger partial charge on any atom is -0.468 e. The molecule has 1 atom stereocenters. The molecule has 0 bridgehead atoms. The van der Waals surface area contributed by atoms with Crippen molar-refractivity contribution in [3.8, 4) is 0 Å². The van der Waals surface area contributed by atoms with Crippen LogP contribution in [0.25, 0.3) is 0 Å². The van der Waals surface area contributed by atoms with Gasteiger partial charge in [-0.25, -0.2) is 0 Å². The minimum absolute atomic E-state index is 0.199. The molecule has 3 nitrogen and oxygen atoms in total. The Morgan fingerprint density at radius 2 is 2.00 bits per heavy atom. The van der Waals surface area contributed by atoms with Gasteiger partial charge in [0.15, 0.2) is 0 Å². The lowest BCUT2D eigenvalue weighted by atomic mass is 10.0. The fourth-order valence-electron chi connectivity index (χ4n) is 1.94. The quantitative estimate of drug-likeness (QED) is 0.815. The van der Waals surface area contributed by atoms with Gasteiger partial charge in [-0.15, -0.1) is 0 Å². The van der Waals surface area contributed by atoms with Crippen molar-refractivity contribution in [2.75, 3.05) is 7.11 Å². The zero-order valence-electron chi connectivity index (χ0n) is 11.9. The number of carbonyl (C=O) groups is 1. The molecule has 0 heterocycles. The second-order valence-corrected chi connectivity index (χ2v) is 4.98. The lowest BCUT2D eigenvalue weighted by Crippen LogP contribution is -2.41. The molecule has 1 aromatic rings. The predicted octanol–water partition coefficient (Wildman–Crippen LogP) is 2.59. The van der Waals surface area contributed by atoms with E-state index < -0.39 is 0 Å². The molecule has 1 aromatic carbocycles. The highest BCUT2D eigenvalue weighted by Gasteiger charge is 2.22. The molecule has 0 amide bonds. The van der Waals surface area contributed by atoms with E-state index in [-0.39, 0.29) is 17.9 Å². The van der Waals surface area contributed by atoms with Gasteiger partial charge in [-0.3, -0.25) is 4.79 Å². The van der Waals surface area contributed by atoms with Gasteiger partial charge in [-0.1, -0.05) is 32.0 Å². The Bertz CT molecular complexity index is 413. The number of hydrogen-bond donors (Lipinski definition) is 1. The van der Waals surface area contributed by atoms with Crippen molar-refractivity contribution in [1.82, 2.24) is 5.32 Å². The highest BCUT2D eigenvalue weighted by molar-refractivity contribution is 5.75. The number of esters is 1. The van der Waals surface area contributed by atoms with Crippen molar-refractivity contribution in [2.45, 2.75) is 40.3 Å². The van der Waals surface area contributed by atoms with Crippen molar-refractivity contribution < 1.29 is 9.53 Å². The van der Waals surface area contributed by atoms with E-state index in [0.29, 0.717) is 6.54 Å². The first-order valence-electron chi connectivity index (χ1n) is 6.33. The van der Waals surface area contributed by atoms with Gasteiger partial charge in [-0.2, -0.15) is 0 Å². The summed E-state index contributed by atoms with van der Waals surface area (Å²) in [6.07, 6.45) is 0. The van der Waals surface area contributed by atoms with E-state index in [4.69, 9.17) is 4.74 Å². The third-order valence-electron chi connectivity index (χ3n) is 3.35. The van der Waals surface area contributed by atoms with Crippen LogP contribution in [0.2, 0.25) is 0 Å². The number of hydrogen-bond acceptors (Lipinski definition) is 3. The van der Waals surface area contributed by atoms with E-state index in [0.717, 1.165) is 0 Å². The molecule has 0 saturated carbocycles. The smallest absolute Gasteiger partial charge is 0.323 e. The summed E-state index contributed by atoms with van der Waals surface area (Å²) in [5.41, 5.74) is 3.77. The number of methoxy groups -OCH3 is 1. The van der Waals surface area contributed by atoms with Gasteiger partial charge >= 0.3 is 5.97 Å². The maximum atomic E-state index is 11.6. The highest BCUT2D eigenvalue weighted by atomic mass is 16.5. The summed E-state index contributed by atoms with van der Waals surface area (Å²) >= 11 is 0. The van der Waals surface area contributed by atoms with Gasteiger partial charge < -0.3 is 10.1 Å². The number of nitrogens with one attached hydrogen (secondary N) is 1. The summed E-state index contributed by atoms with van der Waals surface area (Å²) in [6.45, 7) is 8.91. The lowest BCUT2D eigenvalue weighted by molar-refractivity contribution is -0.144. The normalized spacial score (nSPS) is 12.6. The van der Waals surface area contributed by atoms with E-state index in [1.807, 2.05) is 19.9 Å². The molecule has 0 fully saturated rings. The molecule has 100 valence electrons. The maximum Gasteiger partial charge on any atom is 0.323 e. The SMILES string of the molecule is COC(=O)[C@@H](NCc1cccc(C)c1C)C(C)C. The van der Waals surface area contributed by atoms with E-state index >= 15 is 0 Å². The first kappa shape index (κ1) is 14.7. The Morgan fingerprint density at radius 1 is 1.33 bits per heavy atom. The summed E-state index contributed by atoms with van der Waals surface area (Å²) < 4.78 is 4.81. The average molecular weight is 249 g/mol. The van der Waals surface area contributed by atoms with Crippen molar-refractivity contribution in [2.24, 2.45) is 5.92 Å². The zero-order chi connectivity index (χ0) is 13.7. The van der Waals surface area contributed by atoms with Crippen LogP contribution in [0.4, 0.5) is 0 Å². The van der Waals surface area contributed by atoms with Crippen LogP contribution in [0.3, 0.4) is 0 Å². The second-order valence-electron chi connectivity index (χ2n) is 4.98. The van der Waals surface area contributed by atoms with Crippen LogP contribution in [-0.2, 0) is 16.1 Å². The van der Waals surface area contributed by atoms with Gasteiger partial charge in [-0.05, 0) is 36.5 Å². The number of aryl methyl sites for hydroxylation is 1. The number of carbonyl (C=O) groups excluding carboxylic acids is 1. The van der Waals surface area contributed by atoms with Gasteiger partial charge in [0.25, 0.3) is 0 Å². The van der Waals surface area contributed by atoms with E-state index in [2.05, 4.69) is 31.3 Å². The van der Waals surface area contributed by atoms with E-state index in [1.54, 1.807) is 0 Å². The van der Waals surface area contributed by atoms with Crippen LogP contribution in [-0.4, -0.2) is 19.1 Å². The number of benzene rings is 1. The summed E-state index contributed by atoms with van der Waals surface area (Å²) in [4.78, 5) is 11.6. The fourth-order valence-corrected chi connectivity index (χ4v) is 1.94. The van der Waals surface area contributed by atoms with Gasteiger partial charge in [0.1, 0.15) is 6.04 Å². The third kappa shape index (κ3) is 3.57. The van der Waals surface area contributed by atoms with Crippen molar-refractivity contribution in [1.29, 1.82) is 0 Å². The summed E-state index contributed by atoms with van der Waals surface area (Å²) in [7, 11) is 1.43. The Morgan fingerprint density at radius 3 is 2.56 bits per heavy atom. The molecule has 0 spiro atoms. The molecule has 1 rings (SSSR count). The Labute approximate surface area is 110 Å². The number of rotatable bonds is 5. The minimum atomic E-state index is -0.255.